The molecule has 0 saturated carbocycles. The first kappa shape index (κ1) is 15.0. The smallest absolute Gasteiger partial charge is 0.332 e. The number of alkyl halides is 1. The lowest BCUT2D eigenvalue weighted by molar-refractivity contribution is 0.249. The lowest BCUT2D eigenvalue weighted by Crippen LogP contribution is -2.30. The van der Waals surface area contributed by atoms with E-state index in [1.54, 1.807) is 31.2 Å². The van der Waals surface area contributed by atoms with Crippen molar-refractivity contribution in [3.05, 3.63) is 40.4 Å². The maximum atomic E-state index is 12.5. The first-order valence-electron chi connectivity index (χ1n) is 6.16. The summed E-state index contributed by atoms with van der Waals surface area (Å²) in [5.74, 6) is 0.533. The minimum Gasteiger partial charge on any atom is -0.350 e. The van der Waals surface area contributed by atoms with Gasteiger partial charge in [-0.05, 0) is 19.1 Å². The summed E-state index contributed by atoms with van der Waals surface area (Å²) in [6.45, 7) is 1.83. The Hall–Kier alpha value is -2.41. The van der Waals surface area contributed by atoms with Crippen LogP contribution in [0.25, 0.3) is 10.9 Å². The van der Waals surface area contributed by atoms with E-state index in [9.17, 15) is 9.59 Å². The topological polar surface area (TPSA) is 102 Å². The fraction of sp³-hybridized carbons (Fsp3) is 0.231. The summed E-state index contributed by atoms with van der Waals surface area (Å²) >= 11 is 5.86. The summed E-state index contributed by atoms with van der Waals surface area (Å²) in [6.07, 6.45) is 0. The fourth-order valence-corrected chi connectivity index (χ4v) is 2.10. The average molecular weight is 308 g/mol. The van der Waals surface area contributed by atoms with Crippen LogP contribution in [0.5, 0.6) is 0 Å². The predicted molar refractivity (Wildman–Crippen MR) is 81.4 cm³/mol. The highest BCUT2D eigenvalue weighted by Crippen LogP contribution is 2.09. The van der Waals surface area contributed by atoms with Crippen LogP contribution in [0.4, 0.5) is 4.79 Å². The monoisotopic (exact) mass is 307 g/mol. The van der Waals surface area contributed by atoms with Gasteiger partial charge >= 0.3 is 6.03 Å². The molecule has 1 aromatic carbocycles. The van der Waals surface area contributed by atoms with Gasteiger partial charge in [0.2, 0.25) is 0 Å². The first-order chi connectivity index (χ1) is 10.0. The Bertz CT molecular complexity index is 769. The van der Waals surface area contributed by atoms with Crippen LogP contribution in [-0.4, -0.2) is 21.3 Å². The molecule has 8 heteroatoms. The van der Waals surface area contributed by atoms with Crippen molar-refractivity contribution < 1.29 is 4.79 Å². The van der Waals surface area contributed by atoms with Crippen LogP contribution in [0.3, 0.4) is 0 Å². The van der Waals surface area contributed by atoms with Gasteiger partial charge in [-0.1, -0.05) is 12.1 Å². The van der Waals surface area contributed by atoms with Gasteiger partial charge in [0.25, 0.3) is 5.56 Å². The number of amides is 2. The molecule has 0 atom stereocenters. The highest BCUT2D eigenvalue weighted by molar-refractivity contribution is 6.16. The van der Waals surface area contributed by atoms with Gasteiger partial charge in [0.05, 0.1) is 29.0 Å². The Labute approximate surface area is 125 Å². The SMILES string of the molecule is CC(Cn1c(CCl)nc2ccccc2c1=O)=NNC(N)=O. The molecule has 110 valence electrons. The third-order valence-corrected chi connectivity index (χ3v) is 3.04. The van der Waals surface area contributed by atoms with Gasteiger partial charge in [-0.15, -0.1) is 11.6 Å². The molecule has 1 aromatic heterocycles. The number of hydrogen-bond acceptors (Lipinski definition) is 4. The summed E-state index contributed by atoms with van der Waals surface area (Å²) in [7, 11) is 0. The number of rotatable bonds is 4. The normalized spacial score (nSPS) is 11.6. The number of carbonyl (C=O) groups is 1. The second kappa shape index (κ2) is 6.36. The Morgan fingerprint density at radius 1 is 1.48 bits per heavy atom. The van der Waals surface area contributed by atoms with E-state index in [4.69, 9.17) is 17.3 Å². The Morgan fingerprint density at radius 2 is 2.19 bits per heavy atom. The van der Waals surface area contributed by atoms with Crippen molar-refractivity contribution in [2.45, 2.75) is 19.3 Å². The van der Waals surface area contributed by atoms with Crippen molar-refractivity contribution in [3.63, 3.8) is 0 Å². The van der Waals surface area contributed by atoms with Gasteiger partial charge in [0.1, 0.15) is 5.82 Å². The molecule has 0 fully saturated rings. The molecular weight excluding hydrogens is 294 g/mol. The number of hydrogen-bond donors (Lipinski definition) is 2. The van der Waals surface area contributed by atoms with Crippen molar-refractivity contribution in [1.29, 1.82) is 0 Å². The van der Waals surface area contributed by atoms with E-state index in [-0.39, 0.29) is 18.0 Å². The number of nitrogens with one attached hydrogen (secondary N) is 1. The predicted octanol–water partition coefficient (Wildman–Crippen LogP) is 1.18. The Balaban J connectivity index is 2.47. The molecule has 0 aliphatic carbocycles. The number of primary amides is 1. The van der Waals surface area contributed by atoms with Gasteiger partial charge in [0.15, 0.2) is 0 Å². The molecule has 0 bridgehead atoms. The van der Waals surface area contributed by atoms with E-state index >= 15 is 0 Å². The number of benzene rings is 1. The van der Waals surface area contributed by atoms with Crippen LogP contribution in [0.15, 0.2) is 34.2 Å². The van der Waals surface area contributed by atoms with Gasteiger partial charge < -0.3 is 5.73 Å². The number of nitrogens with two attached hydrogens (primary N) is 1. The highest BCUT2D eigenvalue weighted by atomic mass is 35.5. The number of aromatic nitrogens is 2. The molecule has 3 N–H and O–H groups in total. The minimum atomic E-state index is -0.768. The minimum absolute atomic E-state index is 0.0939. The van der Waals surface area contributed by atoms with Crippen molar-refractivity contribution in [2.75, 3.05) is 0 Å². The fourth-order valence-electron chi connectivity index (χ4n) is 1.89. The van der Waals surface area contributed by atoms with Crippen molar-refractivity contribution in [2.24, 2.45) is 10.8 Å². The maximum Gasteiger partial charge on any atom is 0.332 e. The lowest BCUT2D eigenvalue weighted by Gasteiger charge is -2.11. The number of halogens is 1. The van der Waals surface area contributed by atoms with Crippen molar-refractivity contribution in [1.82, 2.24) is 15.0 Å². The number of nitrogens with zero attached hydrogens (tertiary/aromatic N) is 3. The summed E-state index contributed by atoms with van der Waals surface area (Å²) in [4.78, 5) is 27.5. The van der Waals surface area contributed by atoms with Gasteiger partial charge in [0, 0.05) is 0 Å². The van der Waals surface area contributed by atoms with Crippen LogP contribution in [0.1, 0.15) is 12.7 Å². The molecule has 0 radical (unpaired) electrons. The molecule has 7 nitrogen and oxygen atoms in total. The number of urea groups is 1. The molecule has 2 rings (SSSR count). The molecule has 0 aliphatic rings. The highest BCUT2D eigenvalue weighted by Gasteiger charge is 2.10. The number of carbonyl (C=O) groups excluding carboxylic acids is 1. The van der Waals surface area contributed by atoms with Gasteiger partial charge in [-0.25, -0.2) is 15.2 Å². The Morgan fingerprint density at radius 3 is 2.86 bits per heavy atom. The van der Waals surface area contributed by atoms with E-state index in [2.05, 4.69) is 15.5 Å². The third kappa shape index (κ3) is 3.38. The zero-order valence-corrected chi connectivity index (χ0v) is 12.1. The number of para-hydroxylation sites is 1. The van der Waals surface area contributed by atoms with E-state index in [1.807, 2.05) is 0 Å². The lowest BCUT2D eigenvalue weighted by atomic mass is 10.2. The summed E-state index contributed by atoms with van der Waals surface area (Å²) in [5, 5.41) is 4.28. The molecule has 2 amide bonds. The van der Waals surface area contributed by atoms with Gasteiger partial charge in [-0.3, -0.25) is 9.36 Å². The van der Waals surface area contributed by atoms with Crippen molar-refractivity contribution in [3.8, 4) is 0 Å². The number of hydrazone groups is 1. The zero-order chi connectivity index (χ0) is 15.4. The average Bonchev–Trinajstić information content (AvgIpc) is 2.47. The van der Waals surface area contributed by atoms with Crippen LogP contribution < -0.4 is 16.7 Å². The summed E-state index contributed by atoms with van der Waals surface area (Å²) < 4.78 is 1.43. The molecule has 0 spiro atoms. The second-order valence-corrected chi connectivity index (χ2v) is 4.66. The van der Waals surface area contributed by atoms with Crippen LogP contribution in [-0.2, 0) is 12.4 Å². The molecule has 0 aliphatic heterocycles. The quantitative estimate of drug-likeness (QED) is 0.503. The largest absolute Gasteiger partial charge is 0.350 e. The Kier molecular flexibility index (Phi) is 4.54. The summed E-state index contributed by atoms with van der Waals surface area (Å²) in [6, 6.07) is 6.27. The molecule has 0 saturated heterocycles. The molecule has 21 heavy (non-hydrogen) atoms. The maximum absolute atomic E-state index is 12.5. The first-order valence-corrected chi connectivity index (χ1v) is 6.69. The van der Waals surface area contributed by atoms with Crippen LogP contribution in [0, 0.1) is 0 Å². The molecule has 0 unspecified atom stereocenters. The van der Waals surface area contributed by atoms with E-state index in [0.29, 0.717) is 22.4 Å². The molecular formula is C13H14ClN5O2. The van der Waals surface area contributed by atoms with Crippen LogP contribution >= 0.6 is 11.6 Å². The van der Waals surface area contributed by atoms with E-state index in [0.717, 1.165) is 0 Å². The molecule has 1 heterocycles. The summed E-state index contributed by atoms with van der Waals surface area (Å²) in [5.41, 5.74) is 7.95. The van der Waals surface area contributed by atoms with Crippen molar-refractivity contribution >= 4 is 34.2 Å². The standard InChI is InChI=1S/C13H14ClN5O2/c1-8(17-18-13(15)21)7-19-11(6-14)16-10-5-3-2-4-9(10)12(19)20/h2-5H,6-7H2,1H3,(H3,15,18,21). The second-order valence-electron chi connectivity index (χ2n) is 4.39. The molecule has 2 aromatic rings. The zero-order valence-electron chi connectivity index (χ0n) is 11.3. The van der Waals surface area contributed by atoms with Crippen LogP contribution in [0.2, 0.25) is 0 Å². The van der Waals surface area contributed by atoms with Gasteiger partial charge in [-0.2, -0.15) is 5.10 Å². The number of fused-ring (bicyclic) bond motifs is 1. The van der Waals surface area contributed by atoms with E-state index in [1.165, 1.54) is 4.57 Å². The van der Waals surface area contributed by atoms with E-state index < -0.39 is 6.03 Å². The third-order valence-electron chi connectivity index (χ3n) is 2.80.